The van der Waals surface area contributed by atoms with Crippen molar-refractivity contribution in [2.45, 2.75) is 45.8 Å². The van der Waals surface area contributed by atoms with Crippen LogP contribution in [0.3, 0.4) is 0 Å². The lowest BCUT2D eigenvalue weighted by Crippen LogP contribution is -1.88. The molecular weight excluding hydrogens is 831 g/mol. The molecule has 1 atom stereocenters. The number of carbonyl (C=O) groups is 2. The summed E-state index contributed by atoms with van der Waals surface area (Å²) in [4.78, 5) is 52.8. The smallest absolute Gasteiger partial charge is 0.391 e. The predicted molar refractivity (Wildman–Crippen MR) is 205 cm³/mol. The number of aldehydes is 2. The van der Waals surface area contributed by atoms with Crippen molar-refractivity contribution in [2.24, 2.45) is 0 Å². The second kappa shape index (κ2) is 31.6. The standard InChI is InChI=1S/C4H3Cl2NS.C4H4ClNOS.C4H4N3OS.C4H6N2OS.C4H5NO2S.C3H4O2.C3H4O.CH4/c5-1-3-2-7-4(6)8-3;5-4-6-1-3(2-7)8-4;5-7-4-6-1-3(2-8)9-4;5-4-6-1-3(2-7)8-4;6-2-3-1-5-4(7)8-3;4-1-3-2-5-3;1-2-3-4;/h2H,1H2;1,7H,2H2;1,8H,2H2;1,7H,2H2,(H2,5,6);1,6H,2H2,(H,5,7);1,3H,2H2;2-3H,1H2;1H4/q;;+1;;;;;. The lowest BCUT2D eigenvalue weighted by Gasteiger charge is -1.78. The molecule has 1 saturated heterocycles. The Morgan fingerprint density at radius 3 is 1.55 bits per heavy atom. The monoisotopic (exact) mass is 863 g/mol. The highest BCUT2D eigenvalue weighted by Gasteiger charge is 2.20. The Morgan fingerprint density at radius 1 is 0.882 bits per heavy atom. The molecule has 1 aliphatic heterocycles. The zero-order valence-electron chi connectivity index (χ0n) is 25.5. The minimum absolute atomic E-state index is 0. The zero-order valence-corrected chi connectivity index (χ0v) is 31.9. The molecule has 24 heteroatoms. The van der Waals surface area contributed by atoms with E-state index in [0.29, 0.717) is 42.6 Å². The molecule has 51 heavy (non-hydrogen) atoms. The number of thiazole rings is 5. The quantitative estimate of drug-likeness (QED) is 0.0378. The molecule has 0 aromatic carbocycles. The van der Waals surface area contributed by atoms with E-state index in [0.717, 1.165) is 43.6 Å². The number of nitrogens with two attached hydrogens (primary N) is 1. The SMILES string of the molecule is C.C=CC=O.ClCc1cnc(Cl)s1.N#[N+]c1ncc(CO)s1.Nc1ncc(CO)s1.O=CC1CO1.O=c1[nH]cc(CO)s1.OCc1cnc(Cl)s1. The third-order valence-electron chi connectivity index (χ3n) is 4.19. The van der Waals surface area contributed by atoms with Crippen LogP contribution in [0.25, 0.3) is 4.98 Å². The molecule has 0 amide bonds. The molecule has 0 spiro atoms. The Kier molecular flexibility index (Phi) is 31.0. The van der Waals surface area contributed by atoms with E-state index < -0.39 is 0 Å². The number of hydrogen-bond acceptors (Lipinski definition) is 19. The Hall–Kier alpha value is -3.08. The maximum absolute atomic E-state index is 10.3. The van der Waals surface area contributed by atoms with E-state index in [9.17, 15) is 9.59 Å². The molecule has 1 unspecified atom stereocenters. The van der Waals surface area contributed by atoms with Crippen LogP contribution in [-0.2, 0) is 46.6 Å². The Balaban J connectivity index is 0. The van der Waals surface area contributed by atoms with E-state index in [1.165, 1.54) is 52.5 Å². The van der Waals surface area contributed by atoms with Gasteiger partial charge in [-0.05, 0) is 22.4 Å². The summed E-state index contributed by atoms with van der Waals surface area (Å²) < 4.78 is 5.53. The highest BCUT2D eigenvalue weighted by Crippen LogP contribution is 2.20. The average molecular weight is 865 g/mol. The summed E-state index contributed by atoms with van der Waals surface area (Å²) in [6.45, 7) is 3.72. The van der Waals surface area contributed by atoms with Crippen molar-refractivity contribution in [3.8, 4) is 0 Å². The Labute approximate surface area is 327 Å². The molecule has 0 bridgehead atoms. The van der Waals surface area contributed by atoms with E-state index >= 15 is 0 Å². The number of allylic oxidation sites excluding steroid dienone is 1. The number of H-pyrrole nitrogens is 1. The van der Waals surface area contributed by atoms with Gasteiger partial charge in [-0.15, -0.1) is 34.3 Å². The number of epoxide rings is 1. The van der Waals surface area contributed by atoms with E-state index in [2.05, 4.69) is 41.2 Å². The fourth-order valence-electron chi connectivity index (χ4n) is 2.04. The summed E-state index contributed by atoms with van der Waals surface area (Å²) in [5.74, 6) is 0.504. The summed E-state index contributed by atoms with van der Waals surface area (Å²) >= 11 is 22.6. The third-order valence-corrected chi connectivity index (χ3v) is 9.34. The number of carbonyl (C=O) groups excluding carboxylic acids is 2. The molecular formula is C27H34Cl3N8O8S5+. The summed E-state index contributed by atoms with van der Waals surface area (Å²) in [7, 11) is 0. The van der Waals surface area contributed by atoms with Gasteiger partial charge in [0.05, 0.1) is 63.8 Å². The molecule has 1 fully saturated rings. The van der Waals surface area contributed by atoms with Crippen molar-refractivity contribution in [3.05, 3.63) is 91.6 Å². The number of aliphatic hydroxyl groups excluding tert-OH is 4. The van der Waals surface area contributed by atoms with Crippen LogP contribution in [0.2, 0.25) is 8.93 Å². The van der Waals surface area contributed by atoms with Gasteiger partial charge in [0, 0.05) is 34.6 Å². The summed E-state index contributed by atoms with van der Waals surface area (Å²) in [5, 5.41) is 42.7. The number of aromatic nitrogens is 5. The number of nitrogens with one attached hydrogen (secondary N) is 1. The van der Waals surface area contributed by atoms with Crippen LogP contribution in [-0.4, -0.2) is 70.6 Å². The zero-order chi connectivity index (χ0) is 37.7. The number of nitrogen functional groups attached to an aromatic ring is 1. The first-order valence-corrected chi connectivity index (χ1v) is 18.4. The van der Waals surface area contributed by atoms with Crippen LogP contribution in [0.1, 0.15) is 31.8 Å². The molecule has 0 radical (unpaired) electrons. The van der Waals surface area contributed by atoms with Gasteiger partial charge in [-0.25, -0.2) is 15.0 Å². The molecule has 1 aliphatic rings. The highest BCUT2D eigenvalue weighted by atomic mass is 35.5. The fourth-order valence-corrected chi connectivity index (χ4v) is 5.58. The van der Waals surface area contributed by atoms with Crippen LogP contribution in [0.4, 0.5) is 10.3 Å². The van der Waals surface area contributed by atoms with Gasteiger partial charge in [0.2, 0.25) is 0 Å². The number of ether oxygens (including phenoxy) is 1. The topological polar surface area (TPSA) is 266 Å². The van der Waals surface area contributed by atoms with Crippen LogP contribution in [0.5, 0.6) is 0 Å². The molecule has 0 aliphatic carbocycles. The van der Waals surface area contributed by atoms with E-state index in [1.54, 1.807) is 18.6 Å². The van der Waals surface area contributed by atoms with Gasteiger partial charge in [0.15, 0.2) is 26.5 Å². The molecule has 5 aromatic rings. The van der Waals surface area contributed by atoms with Crippen LogP contribution in [0.15, 0.2) is 48.4 Å². The first-order valence-electron chi connectivity index (χ1n) is 13.0. The van der Waals surface area contributed by atoms with Crippen molar-refractivity contribution < 1.29 is 34.8 Å². The van der Waals surface area contributed by atoms with Gasteiger partial charge >= 0.3 is 10.0 Å². The normalized spacial score (nSPS) is 11.3. The number of rotatable bonds is 7. The number of anilines is 1. The highest BCUT2D eigenvalue weighted by molar-refractivity contribution is 7.16. The van der Waals surface area contributed by atoms with Crippen molar-refractivity contribution in [3.63, 3.8) is 0 Å². The van der Waals surface area contributed by atoms with Gasteiger partial charge < -0.3 is 40.7 Å². The molecule has 6 rings (SSSR count). The molecule has 16 nitrogen and oxygen atoms in total. The number of hydrogen-bond donors (Lipinski definition) is 6. The minimum atomic E-state index is -0.117. The van der Waals surface area contributed by atoms with Crippen LogP contribution >= 0.6 is 91.5 Å². The van der Waals surface area contributed by atoms with Gasteiger partial charge in [0.25, 0.3) is 0 Å². The largest absolute Gasteiger partial charge is 0.523 e. The maximum atomic E-state index is 10.3. The fraction of sp³-hybridized carbons (Fsp3) is 0.296. The second-order valence-electron chi connectivity index (χ2n) is 7.82. The number of aliphatic hydroxyl groups is 4. The van der Waals surface area contributed by atoms with Crippen molar-refractivity contribution >= 4 is 114 Å². The first-order chi connectivity index (χ1) is 24.0. The number of alkyl halides is 1. The van der Waals surface area contributed by atoms with Gasteiger partial charge in [-0.1, -0.05) is 59.9 Å². The van der Waals surface area contributed by atoms with E-state index in [-0.39, 0.29) is 50.0 Å². The van der Waals surface area contributed by atoms with Gasteiger partial charge in [-0.3, -0.25) is 9.59 Å². The van der Waals surface area contributed by atoms with Crippen molar-refractivity contribution in [2.75, 3.05) is 12.3 Å². The van der Waals surface area contributed by atoms with Crippen LogP contribution < -0.4 is 10.6 Å². The summed E-state index contributed by atoms with van der Waals surface area (Å²) in [6.07, 6.45) is 10.4. The second-order valence-corrected chi connectivity index (χ2v) is 14.8. The maximum Gasteiger partial charge on any atom is 0.523 e. The van der Waals surface area contributed by atoms with Gasteiger partial charge in [0.1, 0.15) is 12.4 Å². The molecule has 5 aromatic heterocycles. The van der Waals surface area contributed by atoms with Crippen molar-refractivity contribution in [1.82, 2.24) is 24.9 Å². The molecule has 7 N–H and O–H groups in total. The van der Waals surface area contributed by atoms with E-state index in [1.807, 2.05) is 0 Å². The van der Waals surface area contributed by atoms with Crippen LogP contribution in [0, 0.1) is 5.39 Å². The first kappa shape index (κ1) is 50.0. The van der Waals surface area contributed by atoms with Crippen molar-refractivity contribution in [1.29, 1.82) is 5.39 Å². The number of diazo groups is 1. The predicted octanol–water partition coefficient (Wildman–Crippen LogP) is 5.68. The molecule has 280 valence electrons. The lowest BCUT2D eigenvalue weighted by atomic mass is 10.6. The summed E-state index contributed by atoms with van der Waals surface area (Å²) in [6, 6.07) is 0. The number of halogens is 3. The lowest BCUT2D eigenvalue weighted by molar-refractivity contribution is -0.108. The molecule has 0 saturated carbocycles. The van der Waals surface area contributed by atoms with Gasteiger partial charge in [-0.2, -0.15) is 0 Å². The average Bonchev–Trinajstić information content (AvgIpc) is 3.66. The Morgan fingerprint density at radius 2 is 1.35 bits per heavy atom. The summed E-state index contributed by atoms with van der Waals surface area (Å²) in [5.41, 5.74) is 5.25. The molecule has 6 heterocycles. The number of aromatic amines is 1. The third kappa shape index (κ3) is 26.4. The van der Waals surface area contributed by atoms with E-state index in [4.69, 9.17) is 71.1 Å². The minimum Gasteiger partial charge on any atom is -0.391 e. The number of nitrogens with zero attached hydrogens (tertiary/aromatic N) is 6. The Bertz CT molecular complexity index is 1630.